The molecule has 2 heterocycles. The Bertz CT molecular complexity index is 756. The van der Waals surface area contributed by atoms with E-state index in [-0.39, 0.29) is 17.8 Å². The minimum absolute atomic E-state index is 0.0106. The molecule has 0 aliphatic carbocycles. The molecule has 1 aliphatic rings. The van der Waals surface area contributed by atoms with Crippen LogP contribution in [0.3, 0.4) is 0 Å². The van der Waals surface area contributed by atoms with Crippen molar-refractivity contribution < 1.29 is 9.18 Å². The van der Waals surface area contributed by atoms with Crippen LogP contribution in [0.4, 0.5) is 4.39 Å². The molecule has 0 bridgehead atoms. The van der Waals surface area contributed by atoms with Gasteiger partial charge in [0.05, 0.1) is 0 Å². The van der Waals surface area contributed by atoms with E-state index in [0.717, 1.165) is 38.2 Å². The topological polar surface area (TPSA) is 41.4 Å². The van der Waals surface area contributed by atoms with Gasteiger partial charge in [0.15, 0.2) is 0 Å². The highest BCUT2D eigenvalue weighted by atomic mass is 19.1. The number of hydrogen-bond donors (Lipinski definition) is 0. The molecule has 0 unspecified atom stereocenters. The van der Waals surface area contributed by atoms with Crippen LogP contribution in [0.15, 0.2) is 36.5 Å². The third-order valence-electron chi connectivity index (χ3n) is 5.29. The van der Waals surface area contributed by atoms with Gasteiger partial charge in [-0.1, -0.05) is 26.0 Å². The summed E-state index contributed by atoms with van der Waals surface area (Å²) in [5, 5.41) is 4.38. The summed E-state index contributed by atoms with van der Waals surface area (Å²) in [5.41, 5.74) is 1.62. The van der Waals surface area contributed by atoms with Gasteiger partial charge in [-0.05, 0) is 43.0 Å². The second-order valence-corrected chi connectivity index (χ2v) is 7.57. The number of benzene rings is 1. The number of hydrogen-bond acceptors (Lipinski definition) is 3. The maximum atomic E-state index is 13.2. The van der Waals surface area contributed by atoms with Crippen LogP contribution in [0, 0.1) is 11.7 Å². The Morgan fingerprint density at radius 3 is 2.59 bits per heavy atom. The van der Waals surface area contributed by atoms with E-state index in [9.17, 15) is 9.18 Å². The molecule has 0 N–H and O–H groups in total. The van der Waals surface area contributed by atoms with Gasteiger partial charge in [0, 0.05) is 45.0 Å². The van der Waals surface area contributed by atoms with Gasteiger partial charge in [-0.3, -0.25) is 14.4 Å². The van der Waals surface area contributed by atoms with Gasteiger partial charge >= 0.3 is 0 Å². The number of rotatable bonds is 5. The highest BCUT2D eigenvalue weighted by molar-refractivity contribution is 5.92. The molecule has 2 aromatic rings. The van der Waals surface area contributed by atoms with E-state index in [2.05, 4.69) is 23.8 Å². The summed E-state index contributed by atoms with van der Waals surface area (Å²) in [5.74, 6) is 0.210. The zero-order chi connectivity index (χ0) is 19.4. The molecule has 5 nitrogen and oxygen atoms in total. The highest BCUT2D eigenvalue weighted by Crippen LogP contribution is 2.21. The Labute approximate surface area is 160 Å². The molecule has 1 aromatic carbocycles. The third-order valence-corrected chi connectivity index (χ3v) is 5.29. The minimum atomic E-state index is -0.210. The molecule has 1 saturated heterocycles. The van der Waals surface area contributed by atoms with Crippen LogP contribution in [-0.4, -0.2) is 51.2 Å². The van der Waals surface area contributed by atoms with E-state index < -0.39 is 0 Å². The molecule has 1 amide bonds. The Balaban J connectivity index is 1.74. The first kappa shape index (κ1) is 19.5. The summed E-state index contributed by atoms with van der Waals surface area (Å²) in [7, 11) is 0. The van der Waals surface area contributed by atoms with Gasteiger partial charge in [0.25, 0.3) is 5.91 Å². The first-order valence-electron chi connectivity index (χ1n) is 9.79. The molecular formula is C21H29FN4O. The Kier molecular flexibility index (Phi) is 6.26. The molecule has 1 aliphatic heterocycles. The maximum absolute atomic E-state index is 13.2. The maximum Gasteiger partial charge on any atom is 0.274 e. The summed E-state index contributed by atoms with van der Waals surface area (Å²) in [6.45, 7) is 10.3. The van der Waals surface area contributed by atoms with Crippen molar-refractivity contribution in [2.24, 2.45) is 5.92 Å². The van der Waals surface area contributed by atoms with Crippen molar-refractivity contribution in [2.45, 2.75) is 46.3 Å². The predicted octanol–water partition coefficient (Wildman–Crippen LogP) is 3.41. The molecule has 0 saturated carbocycles. The zero-order valence-electron chi connectivity index (χ0n) is 16.4. The molecule has 0 spiro atoms. The van der Waals surface area contributed by atoms with E-state index in [4.69, 9.17) is 0 Å². The van der Waals surface area contributed by atoms with E-state index in [1.165, 1.54) is 12.1 Å². The van der Waals surface area contributed by atoms with Crippen molar-refractivity contribution >= 4 is 5.91 Å². The predicted molar refractivity (Wildman–Crippen MR) is 104 cm³/mol. The largest absolute Gasteiger partial charge is 0.336 e. The molecule has 6 heteroatoms. The normalized spacial score (nSPS) is 18.7. The Morgan fingerprint density at radius 1 is 1.22 bits per heavy atom. The van der Waals surface area contributed by atoms with Crippen LogP contribution < -0.4 is 0 Å². The lowest BCUT2D eigenvalue weighted by Gasteiger charge is -2.34. The van der Waals surface area contributed by atoms with Gasteiger partial charge in [-0.25, -0.2) is 4.39 Å². The SMILES string of the molecule is CCn1ccc(C(=O)N2CCCN(Cc3ccc(F)cc3)[C@H](C(C)C)C2)n1. The van der Waals surface area contributed by atoms with Gasteiger partial charge < -0.3 is 4.90 Å². The molecule has 146 valence electrons. The fourth-order valence-corrected chi connectivity index (χ4v) is 3.71. The summed E-state index contributed by atoms with van der Waals surface area (Å²) < 4.78 is 15.0. The smallest absolute Gasteiger partial charge is 0.274 e. The van der Waals surface area contributed by atoms with Gasteiger partial charge in [0.2, 0.25) is 0 Å². The van der Waals surface area contributed by atoms with Crippen molar-refractivity contribution in [2.75, 3.05) is 19.6 Å². The second kappa shape index (κ2) is 8.65. The van der Waals surface area contributed by atoms with Crippen LogP contribution in [0.2, 0.25) is 0 Å². The van der Waals surface area contributed by atoms with Gasteiger partial charge in [-0.2, -0.15) is 5.10 Å². The lowest BCUT2D eigenvalue weighted by atomic mass is 10.0. The highest BCUT2D eigenvalue weighted by Gasteiger charge is 2.30. The van der Waals surface area contributed by atoms with Gasteiger partial charge in [0.1, 0.15) is 11.5 Å². The van der Waals surface area contributed by atoms with Crippen LogP contribution in [0.5, 0.6) is 0 Å². The standard InChI is InChI=1S/C21H29FN4O/c1-4-26-13-10-19(23-26)21(27)25-12-5-11-24(20(15-25)16(2)3)14-17-6-8-18(22)9-7-17/h6-10,13,16,20H,4-5,11-12,14-15H2,1-3H3/t20-/m0/s1. The van der Waals surface area contributed by atoms with Gasteiger partial charge in [-0.15, -0.1) is 0 Å². The van der Waals surface area contributed by atoms with E-state index in [0.29, 0.717) is 18.2 Å². The fraction of sp³-hybridized carbons (Fsp3) is 0.524. The summed E-state index contributed by atoms with van der Waals surface area (Å²) >= 11 is 0. The monoisotopic (exact) mass is 372 g/mol. The van der Waals surface area contributed by atoms with Crippen LogP contribution >= 0.6 is 0 Å². The van der Waals surface area contributed by atoms with Crippen LogP contribution in [0.1, 0.15) is 43.2 Å². The van der Waals surface area contributed by atoms with Crippen molar-refractivity contribution in [3.63, 3.8) is 0 Å². The molecule has 0 radical (unpaired) electrons. The third kappa shape index (κ3) is 4.75. The van der Waals surface area contributed by atoms with Crippen LogP contribution in [0.25, 0.3) is 0 Å². The lowest BCUT2D eigenvalue weighted by molar-refractivity contribution is 0.0695. The summed E-state index contributed by atoms with van der Waals surface area (Å²) in [6, 6.07) is 8.77. The van der Waals surface area contributed by atoms with Crippen molar-refractivity contribution in [1.29, 1.82) is 0 Å². The molecule has 1 atom stereocenters. The first-order chi connectivity index (χ1) is 13.0. The Morgan fingerprint density at radius 2 is 1.96 bits per heavy atom. The second-order valence-electron chi connectivity index (χ2n) is 7.57. The average molecular weight is 372 g/mol. The molecule has 1 fully saturated rings. The average Bonchev–Trinajstić information content (AvgIpc) is 3.04. The van der Waals surface area contributed by atoms with Crippen molar-refractivity contribution in [3.05, 3.63) is 53.6 Å². The lowest BCUT2D eigenvalue weighted by Crippen LogP contribution is -2.45. The fourth-order valence-electron chi connectivity index (χ4n) is 3.71. The van der Waals surface area contributed by atoms with E-state index in [1.807, 2.05) is 30.2 Å². The molecular weight excluding hydrogens is 343 g/mol. The van der Waals surface area contributed by atoms with Crippen LogP contribution in [-0.2, 0) is 13.1 Å². The zero-order valence-corrected chi connectivity index (χ0v) is 16.4. The minimum Gasteiger partial charge on any atom is -0.336 e. The number of aromatic nitrogens is 2. The number of amides is 1. The number of carbonyl (C=O) groups is 1. The van der Waals surface area contributed by atoms with E-state index >= 15 is 0 Å². The quantitative estimate of drug-likeness (QED) is 0.808. The number of nitrogens with zero attached hydrogens (tertiary/aromatic N) is 4. The summed E-state index contributed by atoms with van der Waals surface area (Å²) in [4.78, 5) is 17.3. The van der Waals surface area contributed by atoms with Crippen molar-refractivity contribution in [3.8, 4) is 0 Å². The first-order valence-corrected chi connectivity index (χ1v) is 9.79. The number of halogens is 1. The summed E-state index contributed by atoms with van der Waals surface area (Å²) in [6.07, 6.45) is 2.77. The molecule has 3 rings (SSSR count). The number of aryl methyl sites for hydroxylation is 1. The molecule has 27 heavy (non-hydrogen) atoms. The number of carbonyl (C=O) groups excluding carboxylic acids is 1. The Hall–Kier alpha value is -2.21. The molecule has 1 aromatic heterocycles. The van der Waals surface area contributed by atoms with E-state index in [1.54, 1.807) is 10.7 Å². The van der Waals surface area contributed by atoms with Crippen molar-refractivity contribution in [1.82, 2.24) is 19.6 Å².